The van der Waals surface area contributed by atoms with E-state index in [9.17, 15) is 18.7 Å². The standard InChI is InChI=1S/C12H14F2O2/c1-2-10(12(13,14)11(15)16)8-9-6-4-3-5-7-9/h3-7,10H,2,8H2,1H3,(H,15,16)/p-1. The number of carboxylic acids is 1. The summed E-state index contributed by atoms with van der Waals surface area (Å²) in [5, 5.41) is 10.4. The summed E-state index contributed by atoms with van der Waals surface area (Å²) in [6, 6.07) is 8.65. The lowest BCUT2D eigenvalue weighted by Crippen LogP contribution is -2.47. The second kappa shape index (κ2) is 5.05. The number of halogens is 2. The van der Waals surface area contributed by atoms with Crippen molar-refractivity contribution in [3.05, 3.63) is 35.9 Å². The fourth-order valence-corrected chi connectivity index (χ4v) is 1.59. The van der Waals surface area contributed by atoms with Crippen LogP contribution in [-0.4, -0.2) is 11.9 Å². The van der Waals surface area contributed by atoms with Gasteiger partial charge in [-0.25, -0.2) is 0 Å². The van der Waals surface area contributed by atoms with E-state index in [0.29, 0.717) is 5.56 Å². The van der Waals surface area contributed by atoms with E-state index in [-0.39, 0.29) is 12.8 Å². The topological polar surface area (TPSA) is 40.1 Å². The normalized spacial score (nSPS) is 13.4. The number of carboxylic acid groups (broad SMARTS) is 1. The summed E-state index contributed by atoms with van der Waals surface area (Å²) < 4.78 is 26.5. The van der Waals surface area contributed by atoms with Crippen LogP contribution in [0.5, 0.6) is 0 Å². The molecule has 88 valence electrons. The zero-order valence-electron chi connectivity index (χ0n) is 8.95. The molecule has 1 rings (SSSR count). The molecule has 0 radical (unpaired) electrons. The highest BCUT2D eigenvalue weighted by Crippen LogP contribution is 2.29. The van der Waals surface area contributed by atoms with Crippen LogP contribution in [-0.2, 0) is 11.2 Å². The average molecular weight is 227 g/mol. The molecule has 4 heteroatoms. The van der Waals surface area contributed by atoms with Gasteiger partial charge in [-0.05, 0) is 18.4 Å². The molecule has 0 aromatic heterocycles. The molecule has 0 aliphatic carbocycles. The van der Waals surface area contributed by atoms with E-state index in [1.807, 2.05) is 0 Å². The number of aliphatic carboxylic acids is 1. The first-order valence-electron chi connectivity index (χ1n) is 5.11. The van der Waals surface area contributed by atoms with E-state index in [1.165, 1.54) is 0 Å². The molecule has 1 aromatic rings. The second-order valence-electron chi connectivity index (χ2n) is 3.71. The van der Waals surface area contributed by atoms with Gasteiger partial charge in [0, 0.05) is 5.92 Å². The van der Waals surface area contributed by atoms with Crippen molar-refractivity contribution < 1.29 is 18.7 Å². The van der Waals surface area contributed by atoms with E-state index in [0.717, 1.165) is 0 Å². The van der Waals surface area contributed by atoms with Crippen molar-refractivity contribution in [2.75, 3.05) is 0 Å². The van der Waals surface area contributed by atoms with Crippen LogP contribution in [0.25, 0.3) is 0 Å². The van der Waals surface area contributed by atoms with Gasteiger partial charge in [0.05, 0.1) is 0 Å². The fraction of sp³-hybridized carbons (Fsp3) is 0.417. The third-order valence-electron chi connectivity index (χ3n) is 2.60. The van der Waals surface area contributed by atoms with Crippen LogP contribution in [0.4, 0.5) is 8.78 Å². The minimum Gasteiger partial charge on any atom is -0.544 e. The summed E-state index contributed by atoms with van der Waals surface area (Å²) in [4.78, 5) is 10.4. The Morgan fingerprint density at radius 1 is 1.38 bits per heavy atom. The Balaban J connectivity index is 2.81. The van der Waals surface area contributed by atoms with Crippen molar-refractivity contribution in [1.29, 1.82) is 0 Å². The van der Waals surface area contributed by atoms with Crippen LogP contribution in [0.3, 0.4) is 0 Å². The highest BCUT2D eigenvalue weighted by atomic mass is 19.3. The van der Waals surface area contributed by atoms with Crippen molar-refractivity contribution in [2.24, 2.45) is 5.92 Å². The third kappa shape index (κ3) is 2.78. The van der Waals surface area contributed by atoms with E-state index in [1.54, 1.807) is 37.3 Å². The quantitative estimate of drug-likeness (QED) is 0.767. The number of carbonyl (C=O) groups is 1. The van der Waals surface area contributed by atoms with E-state index < -0.39 is 17.8 Å². The Kier molecular flexibility index (Phi) is 3.99. The molecule has 0 bridgehead atoms. The molecular weight excluding hydrogens is 214 g/mol. The molecule has 0 spiro atoms. The van der Waals surface area contributed by atoms with Gasteiger partial charge in [-0.1, -0.05) is 37.3 Å². The lowest BCUT2D eigenvalue weighted by Gasteiger charge is -2.26. The highest BCUT2D eigenvalue weighted by Gasteiger charge is 2.39. The molecule has 0 amide bonds. The Hall–Kier alpha value is -1.45. The Bertz CT molecular complexity index is 349. The molecule has 0 saturated heterocycles. The van der Waals surface area contributed by atoms with Crippen LogP contribution >= 0.6 is 0 Å². The third-order valence-corrected chi connectivity index (χ3v) is 2.60. The predicted molar refractivity (Wildman–Crippen MR) is 53.9 cm³/mol. The maximum Gasteiger partial charge on any atom is 0.290 e. The van der Waals surface area contributed by atoms with Gasteiger partial charge in [0.1, 0.15) is 5.97 Å². The smallest absolute Gasteiger partial charge is 0.290 e. The molecule has 0 N–H and O–H groups in total. The summed E-state index contributed by atoms with van der Waals surface area (Å²) in [5.41, 5.74) is 0.704. The molecule has 1 aromatic carbocycles. The van der Waals surface area contributed by atoms with Gasteiger partial charge in [-0.2, -0.15) is 8.78 Å². The maximum atomic E-state index is 13.2. The van der Waals surface area contributed by atoms with Crippen LogP contribution in [0, 0.1) is 5.92 Å². The van der Waals surface area contributed by atoms with Gasteiger partial charge in [-0.15, -0.1) is 0 Å². The summed E-state index contributed by atoms with van der Waals surface area (Å²) in [5.74, 6) is -7.29. The number of carbonyl (C=O) groups excluding carboxylic acids is 1. The SMILES string of the molecule is CCC(Cc1ccccc1)C(F)(F)C(=O)[O-]. The molecule has 2 nitrogen and oxygen atoms in total. The van der Waals surface area contributed by atoms with E-state index >= 15 is 0 Å². The first-order valence-corrected chi connectivity index (χ1v) is 5.11. The van der Waals surface area contributed by atoms with Gasteiger partial charge < -0.3 is 9.90 Å². The van der Waals surface area contributed by atoms with Crippen molar-refractivity contribution in [3.63, 3.8) is 0 Å². The summed E-state index contributed by atoms with van der Waals surface area (Å²) in [6.07, 6.45) is 0.133. The maximum absolute atomic E-state index is 13.2. The molecule has 0 saturated carbocycles. The zero-order chi connectivity index (χ0) is 12.2. The number of hydrogen-bond donors (Lipinski definition) is 0. The lowest BCUT2D eigenvalue weighted by atomic mass is 9.91. The number of benzene rings is 1. The molecule has 1 atom stereocenters. The predicted octanol–water partition coefficient (Wildman–Crippen LogP) is 1.64. The highest BCUT2D eigenvalue weighted by molar-refractivity contribution is 5.73. The number of rotatable bonds is 5. The summed E-state index contributed by atoms with van der Waals surface area (Å²) >= 11 is 0. The lowest BCUT2D eigenvalue weighted by molar-refractivity contribution is -0.334. The van der Waals surface area contributed by atoms with E-state index in [2.05, 4.69) is 0 Å². The van der Waals surface area contributed by atoms with Crippen molar-refractivity contribution >= 4 is 5.97 Å². The minimum absolute atomic E-state index is 0.0400. The van der Waals surface area contributed by atoms with Crippen LogP contribution in [0.15, 0.2) is 30.3 Å². The number of hydrogen-bond acceptors (Lipinski definition) is 2. The fourth-order valence-electron chi connectivity index (χ4n) is 1.59. The van der Waals surface area contributed by atoms with E-state index in [4.69, 9.17) is 0 Å². The average Bonchev–Trinajstić information content (AvgIpc) is 2.26. The van der Waals surface area contributed by atoms with Gasteiger partial charge in [0.15, 0.2) is 0 Å². The van der Waals surface area contributed by atoms with Gasteiger partial charge in [-0.3, -0.25) is 0 Å². The first-order chi connectivity index (χ1) is 7.48. The Labute approximate surface area is 92.9 Å². The molecule has 0 aliphatic heterocycles. The van der Waals surface area contributed by atoms with Gasteiger partial charge in [0.2, 0.25) is 0 Å². The van der Waals surface area contributed by atoms with Crippen LogP contribution in [0.1, 0.15) is 18.9 Å². The van der Waals surface area contributed by atoms with Gasteiger partial charge in [0.25, 0.3) is 5.92 Å². The minimum atomic E-state index is -3.77. The van der Waals surface area contributed by atoms with Crippen molar-refractivity contribution in [2.45, 2.75) is 25.7 Å². The molecular formula is C12H13F2O2-. The van der Waals surface area contributed by atoms with Crippen molar-refractivity contribution in [3.8, 4) is 0 Å². The number of alkyl halides is 2. The monoisotopic (exact) mass is 227 g/mol. The van der Waals surface area contributed by atoms with Gasteiger partial charge >= 0.3 is 0 Å². The summed E-state index contributed by atoms with van der Waals surface area (Å²) in [7, 11) is 0. The van der Waals surface area contributed by atoms with Crippen LogP contribution in [0.2, 0.25) is 0 Å². The zero-order valence-corrected chi connectivity index (χ0v) is 8.95. The largest absolute Gasteiger partial charge is 0.544 e. The Morgan fingerprint density at radius 3 is 2.38 bits per heavy atom. The Morgan fingerprint density at radius 2 is 1.94 bits per heavy atom. The molecule has 1 unspecified atom stereocenters. The molecule has 16 heavy (non-hydrogen) atoms. The summed E-state index contributed by atoms with van der Waals surface area (Å²) in [6.45, 7) is 1.55. The molecule has 0 heterocycles. The first kappa shape index (κ1) is 12.6. The second-order valence-corrected chi connectivity index (χ2v) is 3.71. The molecule has 0 fully saturated rings. The van der Waals surface area contributed by atoms with Crippen LogP contribution < -0.4 is 5.11 Å². The van der Waals surface area contributed by atoms with Crippen molar-refractivity contribution in [1.82, 2.24) is 0 Å². The molecule has 0 aliphatic rings.